The van der Waals surface area contributed by atoms with Gasteiger partial charge in [-0.2, -0.15) is 0 Å². The van der Waals surface area contributed by atoms with Gasteiger partial charge in [-0.25, -0.2) is 21.9 Å². The van der Waals surface area contributed by atoms with E-state index in [1.165, 1.54) is 0 Å². The molecule has 0 amide bonds. The molecule has 0 aliphatic heterocycles. The van der Waals surface area contributed by atoms with Crippen LogP contribution in [-0.4, -0.2) is 26.2 Å². The first kappa shape index (κ1) is 14.4. The molecule has 7 heteroatoms. The van der Waals surface area contributed by atoms with Gasteiger partial charge in [0.15, 0.2) is 0 Å². The average Bonchev–Trinajstić information content (AvgIpc) is 2.76. The molecule has 0 spiro atoms. The number of hydrogen-bond donors (Lipinski definition) is 2. The van der Waals surface area contributed by atoms with Crippen LogP contribution in [0, 0.1) is 17.6 Å². The van der Waals surface area contributed by atoms with Gasteiger partial charge in [-0.3, -0.25) is 0 Å². The zero-order valence-electron chi connectivity index (χ0n) is 10.1. The zero-order chi connectivity index (χ0) is 14.0. The molecule has 1 aliphatic carbocycles. The van der Waals surface area contributed by atoms with Gasteiger partial charge in [0.25, 0.3) is 0 Å². The van der Waals surface area contributed by atoms with Crippen LogP contribution in [0.25, 0.3) is 0 Å². The average molecular weight is 291 g/mol. The van der Waals surface area contributed by atoms with Gasteiger partial charge in [0.05, 0.1) is 6.10 Å². The molecule has 1 aliphatic rings. The lowest BCUT2D eigenvalue weighted by Gasteiger charge is -2.12. The predicted molar refractivity (Wildman–Crippen MR) is 64.9 cm³/mol. The first-order chi connectivity index (χ1) is 8.88. The van der Waals surface area contributed by atoms with Crippen LogP contribution in [0.5, 0.6) is 0 Å². The Morgan fingerprint density at radius 1 is 1.32 bits per heavy atom. The van der Waals surface area contributed by atoms with E-state index in [-0.39, 0.29) is 12.5 Å². The van der Waals surface area contributed by atoms with Crippen molar-refractivity contribution >= 4 is 10.0 Å². The molecule has 1 aromatic rings. The normalized spacial score (nSPS) is 23.7. The molecule has 0 radical (unpaired) electrons. The zero-order valence-corrected chi connectivity index (χ0v) is 11.0. The van der Waals surface area contributed by atoms with Gasteiger partial charge in [0.1, 0.15) is 16.5 Å². The molecule has 1 fully saturated rings. The molecular formula is C12H15F2NO3S. The summed E-state index contributed by atoms with van der Waals surface area (Å²) in [6, 6.07) is 2.30. The molecule has 0 saturated heterocycles. The molecule has 0 bridgehead atoms. The van der Waals surface area contributed by atoms with Crippen molar-refractivity contribution in [2.45, 2.75) is 30.3 Å². The first-order valence-electron chi connectivity index (χ1n) is 6.01. The van der Waals surface area contributed by atoms with Crippen LogP contribution < -0.4 is 4.72 Å². The molecule has 1 aromatic carbocycles. The van der Waals surface area contributed by atoms with Crippen molar-refractivity contribution in [1.82, 2.24) is 4.72 Å². The molecule has 2 N–H and O–H groups in total. The van der Waals surface area contributed by atoms with Gasteiger partial charge in [-0.05, 0) is 43.4 Å². The second kappa shape index (κ2) is 5.52. The highest BCUT2D eigenvalue weighted by Gasteiger charge is 2.26. The largest absolute Gasteiger partial charge is 0.393 e. The first-order valence-corrected chi connectivity index (χ1v) is 7.49. The number of rotatable bonds is 4. The van der Waals surface area contributed by atoms with E-state index in [0.717, 1.165) is 18.6 Å². The van der Waals surface area contributed by atoms with E-state index in [0.29, 0.717) is 18.9 Å². The minimum absolute atomic E-state index is 0.0291. The van der Waals surface area contributed by atoms with Crippen molar-refractivity contribution in [2.75, 3.05) is 6.54 Å². The number of hydrogen-bond acceptors (Lipinski definition) is 3. The van der Waals surface area contributed by atoms with E-state index in [1.807, 2.05) is 0 Å². The van der Waals surface area contributed by atoms with Crippen molar-refractivity contribution in [1.29, 1.82) is 0 Å². The summed E-state index contributed by atoms with van der Waals surface area (Å²) in [7, 11) is -4.07. The van der Waals surface area contributed by atoms with Gasteiger partial charge in [-0.15, -0.1) is 0 Å². The van der Waals surface area contributed by atoms with E-state index in [4.69, 9.17) is 0 Å². The van der Waals surface area contributed by atoms with Gasteiger partial charge in [-0.1, -0.05) is 0 Å². The summed E-state index contributed by atoms with van der Waals surface area (Å²) in [5, 5.41) is 9.34. The molecule has 1 saturated carbocycles. The predicted octanol–water partition coefficient (Wildman–Crippen LogP) is 1.40. The molecule has 19 heavy (non-hydrogen) atoms. The highest BCUT2D eigenvalue weighted by Crippen LogP contribution is 2.25. The monoisotopic (exact) mass is 291 g/mol. The van der Waals surface area contributed by atoms with E-state index in [1.54, 1.807) is 0 Å². The topological polar surface area (TPSA) is 66.4 Å². The van der Waals surface area contributed by atoms with Gasteiger partial charge >= 0.3 is 0 Å². The summed E-state index contributed by atoms with van der Waals surface area (Å²) in [4.78, 5) is -0.689. The number of nitrogens with one attached hydrogen (secondary N) is 1. The van der Waals surface area contributed by atoms with E-state index >= 15 is 0 Å². The molecule has 106 valence electrons. The second-order valence-electron chi connectivity index (χ2n) is 4.76. The van der Waals surface area contributed by atoms with Gasteiger partial charge in [0, 0.05) is 6.54 Å². The SMILES string of the molecule is O=S(=O)(NCC1CCC(O)C1)c1cc(F)ccc1F. The fourth-order valence-corrected chi connectivity index (χ4v) is 3.43. The number of sulfonamides is 1. The summed E-state index contributed by atoms with van der Waals surface area (Å²) >= 11 is 0. The quantitative estimate of drug-likeness (QED) is 0.881. The van der Waals surface area contributed by atoms with E-state index in [9.17, 15) is 22.3 Å². The minimum Gasteiger partial charge on any atom is -0.393 e. The molecule has 2 atom stereocenters. The summed E-state index contributed by atoms with van der Waals surface area (Å²) in [6.07, 6.45) is 1.48. The highest BCUT2D eigenvalue weighted by atomic mass is 32.2. The lowest BCUT2D eigenvalue weighted by molar-refractivity contribution is 0.178. The van der Waals surface area contributed by atoms with Crippen LogP contribution in [0.15, 0.2) is 23.1 Å². The third-order valence-corrected chi connectivity index (χ3v) is 4.70. The Morgan fingerprint density at radius 2 is 2.05 bits per heavy atom. The number of benzene rings is 1. The molecule has 0 aromatic heterocycles. The third kappa shape index (κ3) is 3.49. The summed E-state index contributed by atoms with van der Waals surface area (Å²) in [5.74, 6) is -1.76. The minimum atomic E-state index is -4.07. The van der Waals surface area contributed by atoms with Crippen molar-refractivity contribution in [3.63, 3.8) is 0 Å². The molecular weight excluding hydrogens is 276 g/mol. The van der Waals surface area contributed by atoms with E-state index < -0.39 is 32.7 Å². The summed E-state index contributed by atoms with van der Waals surface area (Å²) in [6.45, 7) is 0.120. The van der Waals surface area contributed by atoms with Crippen LogP contribution in [0.4, 0.5) is 8.78 Å². The van der Waals surface area contributed by atoms with Crippen LogP contribution >= 0.6 is 0 Å². The van der Waals surface area contributed by atoms with Crippen molar-refractivity contribution in [2.24, 2.45) is 5.92 Å². The maximum absolute atomic E-state index is 13.4. The fourth-order valence-electron chi connectivity index (χ4n) is 2.22. The smallest absolute Gasteiger partial charge is 0.243 e. The third-order valence-electron chi connectivity index (χ3n) is 3.26. The Kier molecular flexibility index (Phi) is 4.17. The summed E-state index contributed by atoms with van der Waals surface area (Å²) < 4.78 is 52.4. The number of aliphatic hydroxyl groups is 1. The van der Waals surface area contributed by atoms with Crippen LogP contribution in [-0.2, 0) is 10.0 Å². The number of aliphatic hydroxyl groups excluding tert-OH is 1. The Labute approximate surface area is 110 Å². The summed E-state index contributed by atoms with van der Waals surface area (Å²) in [5.41, 5.74) is 0. The Morgan fingerprint density at radius 3 is 2.68 bits per heavy atom. The highest BCUT2D eigenvalue weighted by molar-refractivity contribution is 7.89. The fraction of sp³-hybridized carbons (Fsp3) is 0.500. The Hall–Kier alpha value is -1.05. The maximum Gasteiger partial charge on any atom is 0.243 e. The van der Waals surface area contributed by atoms with Gasteiger partial charge < -0.3 is 5.11 Å². The molecule has 2 unspecified atom stereocenters. The van der Waals surface area contributed by atoms with Crippen molar-refractivity contribution < 1.29 is 22.3 Å². The number of halogens is 2. The van der Waals surface area contributed by atoms with Crippen LogP contribution in [0.1, 0.15) is 19.3 Å². The van der Waals surface area contributed by atoms with Crippen LogP contribution in [0.3, 0.4) is 0 Å². The molecule has 0 heterocycles. The van der Waals surface area contributed by atoms with E-state index in [2.05, 4.69) is 4.72 Å². The lowest BCUT2D eigenvalue weighted by atomic mass is 10.1. The maximum atomic E-state index is 13.4. The Bertz CT molecular complexity index is 562. The van der Waals surface area contributed by atoms with Crippen molar-refractivity contribution in [3.8, 4) is 0 Å². The standard InChI is InChI=1S/C12H15F2NO3S/c13-9-2-4-11(14)12(6-9)19(17,18)15-7-8-1-3-10(16)5-8/h2,4,6,8,10,15-16H,1,3,5,7H2. The molecule has 2 rings (SSSR count). The second-order valence-corrected chi connectivity index (χ2v) is 6.49. The van der Waals surface area contributed by atoms with Crippen LogP contribution in [0.2, 0.25) is 0 Å². The lowest BCUT2D eigenvalue weighted by Crippen LogP contribution is -2.29. The Balaban J connectivity index is 2.08. The molecule has 4 nitrogen and oxygen atoms in total. The van der Waals surface area contributed by atoms with Gasteiger partial charge in [0.2, 0.25) is 10.0 Å². The van der Waals surface area contributed by atoms with Crippen molar-refractivity contribution in [3.05, 3.63) is 29.8 Å².